The van der Waals surface area contributed by atoms with Crippen molar-refractivity contribution in [3.05, 3.63) is 65.4 Å². The van der Waals surface area contributed by atoms with E-state index >= 15 is 0 Å². The number of rotatable bonds is 4. The number of aromatic nitrogens is 1. The van der Waals surface area contributed by atoms with Gasteiger partial charge in [0, 0.05) is 80.9 Å². The van der Waals surface area contributed by atoms with Gasteiger partial charge in [-0.15, -0.1) is 0 Å². The highest BCUT2D eigenvalue weighted by Crippen LogP contribution is 2.35. The van der Waals surface area contributed by atoms with Crippen molar-refractivity contribution in [2.75, 3.05) is 49.1 Å². The molecule has 0 spiro atoms. The largest absolute Gasteiger partial charge is 0.434 e. The molecule has 10 nitrogen and oxygen atoms in total. The molecule has 2 fully saturated rings. The third kappa shape index (κ3) is 5.09. The van der Waals surface area contributed by atoms with Crippen molar-refractivity contribution in [1.82, 2.24) is 14.8 Å². The van der Waals surface area contributed by atoms with E-state index in [2.05, 4.69) is 63.0 Å². The second-order valence-electron chi connectivity index (χ2n) is 12.1. The van der Waals surface area contributed by atoms with E-state index in [4.69, 9.17) is 10.5 Å². The normalized spacial score (nSPS) is 21.0. The van der Waals surface area contributed by atoms with E-state index < -0.39 is 11.7 Å². The second-order valence-corrected chi connectivity index (χ2v) is 12.1. The molecule has 3 aliphatic heterocycles. The molecule has 4 heterocycles. The van der Waals surface area contributed by atoms with Gasteiger partial charge >= 0.3 is 6.09 Å². The lowest BCUT2D eigenvalue weighted by molar-refractivity contribution is -0.148. The van der Waals surface area contributed by atoms with Gasteiger partial charge in [0.05, 0.1) is 11.1 Å². The molecule has 42 heavy (non-hydrogen) atoms. The molecule has 2 amide bonds. The Labute approximate surface area is 246 Å². The standard InChI is InChI=1S/C32H37N7O3/c1-21-18-38(28-9-7-22(17-33)29-27(28)5-4-10-35-29)20-26-16-24-15-25(8-6-23(24)19-39(21)26)36-11-13-37(14-12-36)30(40)32(2,3)42-31(34)41/h4-10,15,21,26H,11-14,16,18-20H2,1-3H3,(H2,34,41)/t21-,26+/m1/s1. The van der Waals surface area contributed by atoms with E-state index in [0.29, 0.717) is 43.8 Å². The van der Waals surface area contributed by atoms with Crippen LogP contribution < -0.4 is 15.5 Å². The van der Waals surface area contributed by atoms with E-state index in [0.717, 1.165) is 42.6 Å². The van der Waals surface area contributed by atoms with Crippen LogP contribution in [-0.4, -0.2) is 83.7 Å². The fraction of sp³-hybridized carbons (Fsp3) is 0.438. The molecule has 218 valence electrons. The Kier molecular flexibility index (Phi) is 7.15. The molecule has 3 aromatic rings. The number of primary amides is 1. The summed E-state index contributed by atoms with van der Waals surface area (Å²) in [6.45, 7) is 10.7. The number of ether oxygens (including phenoxy) is 1. The van der Waals surface area contributed by atoms with Crippen molar-refractivity contribution in [2.24, 2.45) is 5.73 Å². The summed E-state index contributed by atoms with van der Waals surface area (Å²) >= 11 is 0. The van der Waals surface area contributed by atoms with E-state index in [1.165, 1.54) is 16.8 Å². The van der Waals surface area contributed by atoms with E-state index in [-0.39, 0.29) is 5.91 Å². The van der Waals surface area contributed by atoms with Crippen molar-refractivity contribution in [3.8, 4) is 6.07 Å². The van der Waals surface area contributed by atoms with Crippen LogP contribution in [-0.2, 0) is 22.5 Å². The van der Waals surface area contributed by atoms with Gasteiger partial charge in [0.2, 0.25) is 0 Å². The van der Waals surface area contributed by atoms with Crippen molar-refractivity contribution in [1.29, 1.82) is 5.26 Å². The van der Waals surface area contributed by atoms with Crippen LogP contribution in [0.25, 0.3) is 10.9 Å². The number of carbonyl (C=O) groups is 2. The lowest BCUT2D eigenvalue weighted by Crippen LogP contribution is -2.59. The minimum Gasteiger partial charge on any atom is -0.434 e. The number of carbonyl (C=O) groups excluding carboxylic acids is 2. The number of benzene rings is 2. The molecular weight excluding hydrogens is 530 g/mol. The van der Waals surface area contributed by atoms with Gasteiger partial charge in [0.25, 0.3) is 5.91 Å². The zero-order valence-electron chi connectivity index (χ0n) is 24.4. The minimum absolute atomic E-state index is 0.228. The molecule has 2 atom stereocenters. The number of nitrogens with two attached hydrogens (primary N) is 1. The van der Waals surface area contributed by atoms with Crippen molar-refractivity contribution < 1.29 is 14.3 Å². The summed E-state index contributed by atoms with van der Waals surface area (Å²) in [7, 11) is 0. The number of hydrogen-bond donors (Lipinski definition) is 1. The van der Waals surface area contributed by atoms with Crippen LogP contribution in [0.3, 0.4) is 0 Å². The summed E-state index contributed by atoms with van der Waals surface area (Å²) in [5, 5.41) is 10.6. The number of anilines is 2. The maximum absolute atomic E-state index is 12.9. The van der Waals surface area contributed by atoms with Crippen molar-refractivity contribution in [2.45, 2.75) is 51.4 Å². The molecule has 6 rings (SSSR count). The summed E-state index contributed by atoms with van der Waals surface area (Å²) in [6, 6.07) is 17.8. The topological polar surface area (TPSA) is 119 Å². The molecule has 10 heteroatoms. The third-order valence-electron chi connectivity index (χ3n) is 8.96. The number of pyridine rings is 1. The van der Waals surface area contributed by atoms with Gasteiger partial charge in [0.1, 0.15) is 6.07 Å². The van der Waals surface area contributed by atoms with Crippen LogP contribution in [0.4, 0.5) is 16.2 Å². The zero-order chi connectivity index (χ0) is 29.6. The molecule has 0 bridgehead atoms. The third-order valence-corrected chi connectivity index (χ3v) is 8.96. The molecule has 0 saturated carbocycles. The first kappa shape index (κ1) is 27.8. The van der Waals surface area contributed by atoms with Gasteiger partial charge in [-0.2, -0.15) is 5.26 Å². The molecule has 0 aliphatic carbocycles. The fourth-order valence-electron chi connectivity index (χ4n) is 6.85. The van der Waals surface area contributed by atoms with Gasteiger partial charge < -0.3 is 25.2 Å². The maximum Gasteiger partial charge on any atom is 0.405 e. The average molecular weight is 568 g/mol. The Morgan fingerprint density at radius 2 is 1.83 bits per heavy atom. The minimum atomic E-state index is -1.28. The Morgan fingerprint density at radius 1 is 1.05 bits per heavy atom. The Hall–Kier alpha value is -4.36. The average Bonchev–Trinajstić information content (AvgIpc) is 2.98. The first-order valence-electron chi connectivity index (χ1n) is 14.6. The molecule has 0 unspecified atom stereocenters. The van der Waals surface area contributed by atoms with Gasteiger partial charge in [0.15, 0.2) is 5.60 Å². The second kappa shape index (κ2) is 10.8. The zero-order valence-corrected chi connectivity index (χ0v) is 24.4. The molecule has 3 aliphatic rings. The fourth-order valence-corrected chi connectivity index (χ4v) is 6.85. The van der Waals surface area contributed by atoms with Crippen LogP contribution in [0.15, 0.2) is 48.7 Å². The smallest absolute Gasteiger partial charge is 0.405 e. The number of fused-ring (bicyclic) bond motifs is 3. The van der Waals surface area contributed by atoms with Gasteiger partial charge in [-0.3, -0.25) is 14.7 Å². The Balaban J connectivity index is 1.17. The van der Waals surface area contributed by atoms with Crippen LogP contribution in [0, 0.1) is 11.3 Å². The molecule has 2 saturated heterocycles. The highest BCUT2D eigenvalue weighted by Gasteiger charge is 2.38. The van der Waals surface area contributed by atoms with Crippen molar-refractivity contribution in [3.63, 3.8) is 0 Å². The van der Waals surface area contributed by atoms with Crippen LogP contribution in [0.5, 0.6) is 0 Å². The predicted molar refractivity (Wildman–Crippen MR) is 161 cm³/mol. The van der Waals surface area contributed by atoms with Gasteiger partial charge in [-0.25, -0.2) is 4.79 Å². The summed E-state index contributed by atoms with van der Waals surface area (Å²) in [4.78, 5) is 37.8. The monoisotopic (exact) mass is 567 g/mol. The lowest BCUT2D eigenvalue weighted by atomic mass is 9.89. The summed E-state index contributed by atoms with van der Waals surface area (Å²) < 4.78 is 5.06. The first-order valence-corrected chi connectivity index (χ1v) is 14.6. The molecule has 0 radical (unpaired) electrons. The first-order chi connectivity index (χ1) is 20.1. The highest BCUT2D eigenvalue weighted by molar-refractivity contribution is 5.95. The van der Waals surface area contributed by atoms with Gasteiger partial charge in [-0.05, 0) is 74.7 Å². The summed E-state index contributed by atoms with van der Waals surface area (Å²) in [5.74, 6) is -0.228. The number of hydrogen-bond acceptors (Lipinski definition) is 8. The lowest BCUT2D eigenvalue weighted by Gasteiger charge is -2.49. The molecule has 2 N–H and O–H groups in total. The number of nitrogens with zero attached hydrogens (tertiary/aromatic N) is 6. The van der Waals surface area contributed by atoms with Crippen LogP contribution in [0.1, 0.15) is 37.5 Å². The molecular formula is C32H37N7O3. The Morgan fingerprint density at radius 3 is 2.57 bits per heavy atom. The Bertz CT molecular complexity index is 1570. The highest BCUT2D eigenvalue weighted by atomic mass is 16.6. The number of nitriles is 1. The SMILES string of the molecule is C[C@@H]1CN(c2ccc(C#N)c3ncccc23)C[C@@H]2Cc3cc(N4CCN(C(=O)C(C)(C)OC(N)=O)CC4)ccc3CN21. The van der Waals surface area contributed by atoms with E-state index in [9.17, 15) is 14.9 Å². The summed E-state index contributed by atoms with van der Waals surface area (Å²) in [5.41, 5.74) is 10.3. The van der Waals surface area contributed by atoms with Gasteiger partial charge in [-0.1, -0.05) is 6.07 Å². The quantitative estimate of drug-likeness (QED) is 0.510. The van der Waals surface area contributed by atoms with E-state index in [1.54, 1.807) is 24.9 Å². The van der Waals surface area contributed by atoms with E-state index in [1.807, 2.05) is 12.1 Å². The molecule has 2 aromatic carbocycles. The van der Waals surface area contributed by atoms with Crippen LogP contribution in [0.2, 0.25) is 0 Å². The van der Waals surface area contributed by atoms with Crippen molar-refractivity contribution >= 4 is 34.3 Å². The molecule has 1 aromatic heterocycles. The summed E-state index contributed by atoms with van der Waals surface area (Å²) in [6.07, 6.45) is 1.77. The number of amides is 2. The van der Waals surface area contributed by atoms with Crippen LogP contribution >= 0.6 is 0 Å². The maximum atomic E-state index is 12.9. The number of piperazine rings is 2. The predicted octanol–water partition coefficient (Wildman–Crippen LogP) is 3.26.